The Morgan fingerprint density at radius 3 is 2.13 bits per heavy atom. The lowest BCUT2D eigenvalue weighted by Crippen LogP contribution is -2.36. The number of fused-ring (bicyclic) bond motifs is 2. The number of urea groups is 1. The quantitative estimate of drug-likeness (QED) is 0.0578. The topological polar surface area (TPSA) is 214 Å². The molecule has 3 fully saturated rings. The van der Waals surface area contributed by atoms with Crippen LogP contribution >= 0.6 is 11.8 Å². The maximum Gasteiger partial charge on any atom is 0.315 e. The van der Waals surface area contributed by atoms with Crippen LogP contribution in [-0.4, -0.2) is 111 Å². The molecule has 0 saturated carbocycles. The summed E-state index contributed by atoms with van der Waals surface area (Å²) in [6.07, 6.45) is 15.5. The number of nitrogens with one attached hydrogen (secondary N) is 6. The van der Waals surface area contributed by atoms with Crippen LogP contribution in [0.3, 0.4) is 0 Å². The van der Waals surface area contributed by atoms with E-state index in [2.05, 4.69) is 47.0 Å². The first-order valence-corrected chi connectivity index (χ1v) is 20.6. The van der Waals surface area contributed by atoms with Crippen LogP contribution in [0, 0.1) is 0 Å². The largest absolute Gasteiger partial charge is 0.394 e. The summed E-state index contributed by atoms with van der Waals surface area (Å²) in [6, 6.07) is 0.399. The van der Waals surface area contributed by atoms with Crippen LogP contribution in [0.5, 0.6) is 0 Å². The Morgan fingerprint density at radius 2 is 1.47 bits per heavy atom. The van der Waals surface area contributed by atoms with Gasteiger partial charge in [-0.2, -0.15) is 16.9 Å². The number of aliphatic hydroxyl groups is 1. The Labute approximate surface area is 315 Å². The number of hydrogen-bond acceptors (Lipinski definition) is 11. The number of hydrogen-bond donors (Lipinski definition) is 7. The summed E-state index contributed by atoms with van der Waals surface area (Å²) < 4.78 is 7.61. The zero-order chi connectivity index (χ0) is 37.3. The van der Waals surface area contributed by atoms with Gasteiger partial charge in [-0.05, 0) is 64.2 Å². The maximum atomic E-state index is 12.2. The molecule has 3 aliphatic heterocycles. The van der Waals surface area contributed by atoms with Gasteiger partial charge in [0.05, 0.1) is 36.4 Å². The number of amides is 5. The van der Waals surface area contributed by atoms with Crippen molar-refractivity contribution in [2.24, 2.45) is 0 Å². The average molecular weight is 759 g/mol. The third-order valence-electron chi connectivity index (χ3n) is 10.1. The first-order valence-electron chi connectivity index (χ1n) is 19.6. The molecular formula is C36H58N10O6S. The number of rotatable bonds is 25. The molecule has 1 unspecified atom stereocenters. The standard InChI is InChI=1S/C36H58N10O6S/c47-22-25-15-16-32(52-25)46-35-26(21-43-46)34(41-24-42-35)40-20-10-9-19-39-30(49)13-4-2-7-17-37-29(48)12-3-1-8-18-38-31(50)14-6-5-11-28-33-27(23-53-28)44-36(51)45-33/h21,24-25,27-28,32-33,47H,1-20,22-23H2,(H,37,48)(H,38,50)(H,39,49)(H,40,41,42)(H2,44,45,51)/t25-,27-,28?,32+,33-/m0/s1. The van der Waals surface area contributed by atoms with Crippen LogP contribution in [0.1, 0.15) is 109 Å². The third-order valence-corrected chi connectivity index (χ3v) is 11.6. The molecule has 0 aromatic carbocycles. The molecule has 3 saturated heterocycles. The molecule has 2 aromatic heterocycles. The van der Waals surface area contributed by atoms with Crippen molar-refractivity contribution in [1.29, 1.82) is 0 Å². The molecule has 0 spiro atoms. The number of anilines is 1. The number of thioether (sulfide) groups is 1. The predicted molar refractivity (Wildman–Crippen MR) is 203 cm³/mol. The number of nitrogens with zero attached hydrogens (tertiary/aromatic N) is 4. The summed E-state index contributed by atoms with van der Waals surface area (Å²) >= 11 is 1.90. The summed E-state index contributed by atoms with van der Waals surface area (Å²) in [5.41, 5.74) is 0.697. The highest BCUT2D eigenvalue weighted by Crippen LogP contribution is 2.33. The predicted octanol–water partition coefficient (Wildman–Crippen LogP) is 2.88. The smallest absolute Gasteiger partial charge is 0.315 e. The van der Waals surface area contributed by atoms with E-state index in [4.69, 9.17) is 4.74 Å². The second kappa shape index (κ2) is 21.9. The third kappa shape index (κ3) is 13.0. The molecular weight excluding hydrogens is 701 g/mol. The fraction of sp³-hybridized carbons (Fsp3) is 0.750. The van der Waals surface area contributed by atoms with Gasteiger partial charge in [0.1, 0.15) is 12.1 Å². The van der Waals surface area contributed by atoms with Crippen LogP contribution in [0.4, 0.5) is 10.6 Å². The monoisotopic (exact) mass is 758 g/mol. The Kier molecular flexibility index (Phi) is 16.7. The Bertz CT molecular complexity index is 1480. The van der Waals surface area contributed by atoms with Crippen LogP contribution in [0.15, 0.2) is 12.5 Å². The van der Waals surface area contributed by atoms with Crippen LogP contribution in [0.2, 0.25) is 0 Å². The molecule has 294 valence electrons. The molecule has 5 amide bonds. The van der Waals surface area contributed by atoms with Gasteiger partial charge in [0.15, 0.2) is 11.9 Å². The van der Waals surface area contributed by atoms with E-state index < -0.39 is 0 Å². The maximum absolute atomic E-state index is 12.2. The highest BCUT2D eigenvalue weighted by atomic mass is 32.2. The van der Waals surface area contributed by atoms with E-state index in [-0.39, 0.29) is 54.8 Å². The van der Waals surface area contributed by atoms with Crippen molar-refractivity contribution < 1.29 is 29.0 Å². The Morgan fingerprint density at radius 1 is 0.830 bits per heavy atom. The summed E-state index contributed by atoms with van der Waals surface area (Å²) in [4.78, 5) is 56.8. The number of ether oxygens (including phenoxy) is 1. The molecule has 5 rings (SSSR count). The van der Waals surface area contributed by atoms with Crippen LogP contribution < -0.4 is 31.9 Å². The van der Waals surface area contributed by atoms with Gasteiger partial charge in [-0.1, -0.05) is 19.3 Å². The molecule has 17 heteroatoms. The molecule has 5 heterocycles. The van der Waals surface area contributed by atoms with Crippen molar-refractivity contribution in [3.8, 4) is 0 Å². The number of aromatic nitrogens is 4. The van der Waals surface area contributed by atoms with Gasteiger partial charge >= 0.3 is 6.03 Å². The SMILES string of the molecule is O=C(CCCCCNC(=O)CCCCC1SC[C@@H]2NC(=O)N[C@H]12)NCCCCCC(=O)NCCCCNc1ncnc2c1cnn2[C@H]1CC[C@@H](CO)O1. The molecule has 0 bridgehead atoms. The van der Waals surface area contributed by atoms with Crippen molar-refractivity contribution in [2.75, 3.05) is 43.9 Å². The van der Waals surface area contributed by atoms with E-state index in [0.717, 1.165) is 94.6 Å². The summed E-state index contributed by atoms with van der Waals surface area (Å²) in [5, 5.41) is 33.3. The van der Waals surface area contributed by atoms with Crippen LogP contribution in [0.25, 0.3) is 11.0 Å². The van der Waals surface area contributed by atoms with E-state index in [1.807, 2.05) is 11.8 Å². The summed E-state index contributed by atoms with van der Waals surface area (Å²) in [6.45, 7) is 2.58. The number of carbonyl (C=O) groups excluding carboxylic acids is 4. The highest BCUT2D eigenvalue weighted by Gasteiger charge is 2.42. The molecule has 3 aliphatic rings. The number of aliphatic hydroxyl groups excluding tert-OH is 1. The normalized spacial score (nSPS) is 22.0. The Hall–Kier alpha value is -3.70. The summed E-state index contributed by atoms with van der Waals surface area (Å²) in [7, 11) is 0. The molecule has 0 aliphatic carbocycles. The van der Waals surface area contributed by atoms with Gasteiger partial charge in [-0.15, -0.1) is 0 Å². The summed E-state index contributed by atoms with van der Waals surface area (Å²) in [5.74, 6) is 1.86. The van der Waals surface area contributed by atoms with Crippen molar-refractivity contribution in [2.45, 2.75) is 132 Å². The lowest BCUT2D eigenvalue weighted by molar-refractivity contribution is -0.122. The molecule has 5 atom stereocenters. The van der Waals surface area contributed by atoms with Crippen molar-refractivity contribution >= 4 is 52.4 Å². The van der Waals surface area contributed by atoms with Gasteiger partial charge in [-0.25, -0.2) is 19.4 Å². The van der Waals surface area contributed by atoms with E-state index >= 15 is 0 Å². The number of carbonyl (C=O) groups is 4. The molecule has 2 aromatic rings. The van der Waals surface area contributed by atoms with Gasteiger partial charge in [-0.3, -0.25) is 14.4 Å². The van der Waals surface area contributed by atoms with E-state index in [9.17, 15) is 24.3 Å². The zero-order valence-corrected chi connectivity index (χ0v) is 31.6. The van der Waals surface area contributed by atoms with Gasteiger partial charge in [0, 0.05) is 56.4 Å². The second-order valence-electron chi connectivity index (χ2n) is 14.2. The minimum Gasteiger partial charge on any atom is -0.394 e. The lowest BCUT2D eigenvalue weighted by atomic mass is 10.0. The van der Waals surface area contributed by atoms with Gasteiger partial charge in [0.2, 0.25) is 17.7 Å². The fourth-order valence-electron chi connectivity index (χ4n) is 7.07. The fourth-order valence-corrected chi connectivity index (χ4v) is 8.61. The molecule has 16 nitrogen and oxygen atoms in total. The van der Waals surface area contributed by atoms with Crippen molar-refractivity contribution in [3.05, 3.63) is 12.5 Å². The van der Waals surface area contributed by atoms with Crippen molar-refractivity contribution in [3.63, 3.8) is 0 Å². The minimum absolute atomic E-state index is 0.000151. The highest BCUT2D eigenvalue weighted by molar-refractivity contribution is 8.00. The first kappa shape index (κ1) is 40.5. The lowest BCUT2D eigenvalue weighted by Gasteiger charge is -2.16. The van der Waals surface area contributed by atoms with E-state index in [0.29, 0.717) is 62.2 Å². The molecule has 0 radical (unpaired) electrons. The van der Waals surface area contributed by atoms with Crippen LogP contribution in [-0.2, 0) is 19.1 Å². The average Bonchev–Trinajstić information content (AvgIpc) is 3.96. The first-order chi connectivity index (χ1) is 25.9. The Balaban J connectivity index is 0.777. The zero-order valence-electron chi connectivity index (χ0n) is 30.8. The van der Waals surface area contributed by atoms with E-state index in [1.54, 1.807) is 10.9 Å². The van der Waals surface area contributed by atoms with Crippen molar-refractivity contribution in [1.82, 2.24) is 46.3 Å². The molecule has 53 heavy (non-hydrogen) atoms. The van der Waals surface area contributed by atoms with Gasteiger partial charge in [0.25, 0.3) is 0 Å². The molecule has 7 N–H and O–H groups in total. The van der Waals surface area contributed by atoms with Gasteiger partial charge < -0.3 is 41.7 Å². The number of unbranched alkanes of at least 4 members (excludes halogenated alkanes) is 6. The second-order valence-corrected chi connectivity index (χ2v) is 15.5. The minimum atomic E-state index is -0.238. The van der Waals surface area contributed by atoms with E-state index in [1.165, 1.54) is 6.33 Å².